The van der Waals surface area contributed by atoms with Crippen molar-refractivity contribution < 1.29 is 9.59 Å². The number of aldehydes is 1. The summed E-state index contributed by atoms with van der Waals surface area (Å²) in [4.78, 5) is 25.4. The van der Waals surface area contributed by atoms with Gasteiger partial charge in [-0.2, -0.15) is 0 Å². The second-order valence-electron chi connectivity index (χ2n) is 14.2. The van der Waals surface area contributed by atoms with Crippen molar-refractivity contribution in [2.45, 2.75) is 106 Å². The van der Waals surface area contributed by atoms with Gasteiger partial charge in [-0.05, 0) is 111 Å². The SMILES string of the molecule is C=C(C)[C@@H]1CC[C@@]2(C=O)CC[C@]3(C)[C@H](CC[C@H]4[C@@]5(C)CCC(=O)C(C)(C)[C@H]5CC[C@@]43C)[C@@H]12. The lowest BCUT2D eigenvalue weighted by molar-refractivity contribution is -0.231. The lowest BCUT2D eigenvalue weighted by Gasteiger charge is -2.72. The first-order valence-electron chi connectivity index (χ1n) is 13.5. The Kier molecular flexibility index (Phi) is 4.87. The van der Waals surface area contributed by atoms with Crippen LogP contribution in [0.5, 0.6) is 0 Å². The molecule has 0 aliphatic heterocycles. The minimum absolute atomic E-state index is 0.0999. The van der Waals surface area contributed by atoms with Crippen LogP contribution >= 0.6 is 0 Å². The smallest absolute Gasteiger partial charge is 0.138 e. The van der Waals surface area contributed by atoms with Crippen molar-refractivity contribution in [3.05, 3.63) is 12.2 Å². The summed E-state index contributed by atoms with van der Waals surface area (Å²) in [5.74, 6) is 3.34. The fraction of sp³-hybridized carbons (Fsp3) is 0.867. The van der Waals surface area contributed by atoms with Crippen LogP contribution in [0, 0.1) is 56.7 Å². The van der Waals surface area contributed by atoms with E-state index in [9.17, 15) is 9.59 Å². The van der Waals surface area contributed by atoms with Crippen molar-refractivity contribution in [1.82, 2.24) is 0 Å². The topological polar surface area (TPSA) is 34.1 Å². The molecule has 0 amide bonds. The van der Waals surface area contributed by atoms with E-state index in [1.165, 1.54) is 44.0 Å². The van der Waals surface area contributed by atoms with Gasteiger partial charge in [0.15, 0.2) is 0 Å². The van der Waals surface area contributed by atoms with Crippen LogP contribution in [0.25, 0.3) is 0 Å². The first kappa shape index (κ1) is 22.9. The highest BCUT2D eigenvalue weighted by atomic mass is 16.1. The summed E-state index contributed by atoms with van der Waals surface area (Å²) >= 11 is 0. The van der Waals surface area contributed by atoms with E-state index in [1.54, 1.807) is 0 Å². The number of carbonyl (C=O) groups excluding carboxylic acids is 2. The molecule has 0 radical (unpaired) electrons. The Labute approximate surface area is 196 Å². The third-order valence-corrected chi connectivity index (χ3v) is 13.1. The molecule has 0 aromatic carbocycles. The Hall–Kier alpha value is -0.920. The lowest BCUT2D eigenvalue weighted by atomic mass is 9.32. The van der Waals surface area contributed by atoms with E-state index in [0.29, 0.717) is 40.8 Å². The Balaban J connectivity index is 1.56. The maximum absolute atomic E-state index is 12.9. The molecule has 178 valence electrons. The number of rotatable bonds is 2. The molecule has 5 aliphatic carbocycles. The van der Waals surface area contributed by atoms with Gasteiger partial charge in [-0.25, -0.2) is 0 Å². The van der Waals surface area contributed by atoms with Crippen LogP contribution in [0.4, 0.5) is 0 Å². The standard InChI is InChI=1S/C30H46O2/c1-19(2)20-10-15-30(18-31)17-16-28(6)21(25(20)30)8-9-23-27(5)13-12-24(32)26(3,4)22(27)11-14-29(23,28)7/h18,20-23,25H,1,8-17H2,2-7H3/t20-,21+,22+,23-,25+,27-,28+,29-,30-/m0/s1. The van der Waals surface area contributed by atoms with Crippen molar-refractivity contribution in [1.29, 1.82) is 0 Å². The van der Waals surface area contributed by atoms with Crippen LogP contribution in [0.1, 0.15) is 106 Å². The minimum atomic E-state index is -0.179. The Morgan fingerprint density at radius 3 is 2.25 bits per heavy atom. The molecule has 0 aromatic heterocycles. The molecule has 0 spiro atoms. The number of hydrogen-bond acceptors (Lipinski definition) is 2. The van der Waals surface area contributed by atoms with E-state index in [-0.39, 0.29) is 21.7 Å². The molecule has 32 heavy (non-hydrogen) atoms. The molecule has 0 saturated heterocycles. The average molecular weight is 439 g/mol. The molecule has 5 rings (SSSR count). The summed E-state index contributed by atoms with van der Waals surface area (Å²) in [6, 6.07) is 0. The van der Waals surface area contributed by atoms with Gasteiger partial charge in [0.05, 0.1) is 0 Å². The minimum Gasteiger partial charge on any atom is -0.303 e. The van der Waals surface area contributed by atoms with Crippen molar-refractivity contribution in [3.63, 3.8) is 0 Å². The molecule has 0 heterocycles. The lowest BCUT2D eigenvalue weighted by Crippen LogP contribution is -2.66. The molecule has 2 heteroatoms. The number of carbonyl (C=O) groups is 2. The summed E-state index contributed by atoms with van der Waals surface area (Å²) in [7, 11) is 0. The largest absolute Gasteiger partial charge is 0.303 e. The van der Waals surface area contributed by atoms with Crippen molar-refractivity contribution in [3.8, 4) is 0 Å². The fourth-order valence-electron chi connectivity index (χ4n) is 11.2. The Morgan fingerprint density at radius 1 is 0.875 bits per heavy atom. The molecule has 5 fully saturated rings. The van der Waals surface area contributed by atoms with Gasteiger partial charge in [0.1, 0.15) is 12.1 Å². The molecule has 9 atom stereocenters. The monoisotopic (exact) mass is 438 g/mol. The highest BCUT2D eigenvalue weighted by Gasteiger charge is 2.70. The zero-order valence-corrected chi connectivity index (χ0v) is 21.6. The first-order chi connectivity index (χ1) is 14.9. The predicted molar refractivity (Wildman–Crippen MR) is 130 cm³/mol. The van der Waals surface area contributed by atoms with Crippen LogP contribution < -0.4 is 0 Å². The average Bonchev–Trinajstić information content (AvgIpc) is 3.12. The maximum Gasteiger partial charge on any atom is 0.138 e. The van der Waals surface area contributed by atoms with Crippen molar-refractivity contribution >= 4 is 12.1 Å². The Bertz CT molecular complexity index is 855. The molecule has 5 aliphatic rings. The van der Waals surface area contributed by atoms with Gasteiger partial charge in [-0.15, -0.1) is 0 Å². The summed E-state index contributed by atoms with van der Waals surface area (Å²) < 4.78 is 0. The molecule has 2 nitrogen and oxygen atoms in total. The third-order valence-electron chi connectivity index (χ3n) is 13.1. The quantitative estimate of drug-likeness (QED) is 0.332. The summed E-state index contributed by atoms with van der Waals surface area (Å²) in [5.41, 5.74) is 1.87. The number of allylic oxidation sites excluding steroid dienone is 1. The predicted octanol–water partition coefficient (Wildman–Crippen LogP) is 7.41. The third kappa shape index (κ3) is 2.54. The molecule has 0 bridgehead atoms. The summed E-state index contributed by atoms with van der Waals surface area (Å²) in [6.07, 6.45) is 12.7. The molecule has 5 saturated carbocycles. The van der Waals surface area contributed by atoms with E-state index in [1.807, 2.05) is 0 Å². The van der Waals surface area contributed by atoms with E-state index in [4.69, 9.17) is 0 Å². The highest BCUT2D eigenvalue weighted by Crippen LogP contribution is 2.77. The van der Waals surface area contributed by atoms with Gasteiger partial charge >= 0.3 is 0 Å². The van der Waals surface area contributed by atoms with E-state index >= 15 is 0 Å². The molecule has 0 N–H and O–H groups in total. The van der Waals surface area contributed by atoms with Crippen LogP contribution in [0.15, 0.2) is 12.2 Å². The number of ketones is 1. The van der Waals surface area contributed by atoms with Crippen LogP contribution in [-0.2, 0) is 9.59 Å². The molecule has 0 aromatic rings. The van der Waals surface area contributed by atoms with Crippen LogP contribution in [0.3, 0.4) is 0 Å². The maximum atomic E-state index is 12.9. The second-order valence-corrected chi connectivity index (χ2v) is 14.2. The van der Waals surface area contributed by atoms with Crippen molar-refractivity contribution in [2.24, 2.45) is 56.7 Å². The van der Waals surface area contributed by atoms with E-state index in [2.05, 4.69) is 48.1 Å². The van der Waals surface area contributed by atoms with E-state index < -0.39 is 0 Å². The fourth-order valence-corrected chi connectivity index (χ4v) is 11.2. The molecular weight excluding hydrogens is 392 g/mol. The second kappa shape index (κ2) is 6.82. The first-order valence-corrected chi connectivity index (χ1v) is 13.5. The Morgan fingerprint density at radius 2 is 1.59 bits per heavy atom. The van der Waals surface area contributed by atoms with Gasteiger partial charge in [0, 0.05) is 17.3 Å². The summed E-state index contributed by atoms with van der Waals surface area (Å²) in [6.45, 7) is 18.9. The normalized spacial score (nSPS) is 54.1. The van der Waals surface area contributed by atoms with Gasteiger partial charge in [0.25, 0.3) is 0 Å². The van der Waals surface area contributed by atoms with Gasteiger partial charge in [-0.3, -0.25) is 4.79 Å². The van der Waals surface area contributed by atoms with E-state index in [0.717, 1.165) is 32.1 Å². The van der Waals surface area contributed by atoms with Gasteiger partial charge < -0.3 is 4.79 Å². The number of Topliss-reactive ketones (excluding diaryl/α,β-unsaturated/α-hetero) is 1. The van der Waals surface area contributed by atoms with Crippen molar-refractivity contribution in [2.75, 3.05) is 0 Å². The van der Waals surface area contributed by atoms with Crippen LogP contribution in [0.2, 0.25) is 0 Å². The zero-order valence-electron chi connectivity index (χ0n) is 21.6. The van der Waals surface area contributed by atoms with Gasteiger partial charge in [0.2, 0.25) is 0 Å². The van der Waals surface area contributed by atoms with Crippen LogP contribution in [-0.4, -0.2) is 12.1 Å². The summed E-state index contributed by atoms with van der Waals surface area (Å²) in [5, 5.41) is 0. The zero-order chi connectivity index (χ0) is 23.3. The molecule has 0 unspecified atom stereocenters. The number of fused-ring (bicyclic) bond motifs is 7. The van der Waals surface area contributed by atoms with Gasteiger partial charge in [-0.1, -0.05) is 46.8 Å². The number of hydrogen-bond donors (Lipinski definition) is 0. The highest BCUT2D eigenvalue weighted by molar-refractivity contribution is 5.85. The molecular formula is C30H46O2.